The molecule has 0 aromatic heterocycles. The van der Waals surface area contributed by atoms with E-state index in [9.17, 15) is 4.79 Å². The van der Waals surface area contributed by atoms with Crippen molar-refractivity contribution in [3.05, 3.63) is 59.7 Å². The molecule has 0 saturated heterocycles. The molecule has 0 unspecified atom stereocenters. The van der Waals surface area contributed by atoms with Crippen molar-refractivity contribution in [3.63, 3.8) is 0 Å². The zero-order valence-corrected chi connectivity index (χ0v) is 13.9. The molecule has 5 nitrogen and oxygen atoms in total. The Labute approximate surface area is 142 Å². The molecule has 24 heavy (non-hydrogen) atoms. The summed E-state index contributed by atoms with van der Waals surface area (Å²) in [5.74, 6) is 0.561. The molecule has 128 valence electrons. The van der Waals surface area contributed by atoms with E-state index < -0.39 is 0 Å². The molecule has 0 spiro atoms. The van der Waals surface area contributed by atoms with Crippen molar-refractivity contribution in [1.82, 2.24) is 5.32 Å². The molecular weight excluding hydrogens is 304 g/mol. The molecule has 1 amide bonds. The Morgan fingerprint density at radius 1 is 1.04 bits per heavy atom. The second kappa shape index (κ2) is 9.57. The molecule has 2 aromatic rings. The van der Waals surface area contributed by atoms with Gasteiger partial charge in [-0.1, -0.05) is 24.3 Å². The molecule has 3 N–H and O–H groups in total. The summed E-state index contributed by atoms with van der Waals surface area (Å²) < 4.78 is 5.42. The lowest BCUT2D eigenvalue weighted by Crippen LogP contribution is -2.28. The van der Waals surface area contributed by atoms with E-state index in [2.05, 4.69) is 10.6 Å². The van der Waals surface area contributed by atoms with Crippen LogP contribution in [0.1, 0.15) is 18.1 Å². The summed E-state index contributed by atoms with van der Waals surface area (Å²) in [5, 5.41) is 14.9. The maximum absolute atomic E-state index is 11.3. The van der Waals surface area contributed by atoms with Crippen molar-refractivity contribution >= 4 is 11.6 Å². The van der Waals surface area contributed by atoms with Crippen LogP contribution in [0.15, 0.2) is 48.5 Å². The van der Waals surface area contributed by atoms with E-state index in [1.54, 1.807) is 0 Å². The predicted molar refractivity (Wildman–Crippen MR) is 95.2 cm³/mol. The van der Waals surface area contributed by atoms with Crippen molar-refractivity contribution in [3.8, 4) is 5.75 Å². The maximum Gasteiger partial charge on any atom is 0.257 e. The molecule has 2 rings (SSSR count). The number of nitrogens with one attached hydrogen (secondary N) is 2. The second-order valence-corrected chi connectivity index (χ2v) is 5.41. The van der Waals surface area contributed by atoms with Gasteiger partial charge in [-0.3, -0.25) is 4.79 Å². The lowest BCUT2D eigenvalue weighted by Gasteiger charge is -2.09. The van der Waals surface area contributed by atoms with Gasteiger partial charge in [-0.25, -0.2) is 0 Å². The van der Waals surface area contributed by atoms with Gasteiger partial charge in [0.25, 0.3) is 5.91 Å². The highest BCUT2D eigenvalue weighted by molar-refractivity contribution is 5.77. The van der Waals surface area contributed by atoms with E-state index in [1.807, 2.05) is 55.5 Å². The summed E-state index contributed by atoms with van der Waals surface area (Å²) in [5.41, 5.74) is 3.28. The number of hydrogen-bond acceptors (Lipinski definition) is 4. The van der Waals surface area contributed by atoms with Gasteiger partial charge in [0.15, 0.2) is 6.61 Å². The second-order valence-electron chi connectivity index (χ2n) is 5.41. The number of amides is 1. The van der Waals surface area contributed by atoms with E-state index in [0.29, 0.717) is 25.3 Å². The lowest BCUT2D eigenvalue weighted by atomic mass is 10.1. The zero-order valence-electron chi connectivity index (χ0n) is 13.9. The van der Waals surface area contributed by atoms with E-state index in [0.717, 1.165) is 16.8 Å². The first-order valence-corrected chi connectivity index (χ1v) is 8.13. The normalized spacial score (nSPS) is 10.2. The number of anilines is 1. The van der Waals surface area contributed by atoms with E-state index in [-0.39, 0.29) is 19.1 Å². The fourth-order valence-corrected chi connectivity index (χ4v) is 2.22. The molecule has 0 heterocycles. The summed E-state index contributed by atoms with van der Waals surface area (Å²) in [4.78, 5) is 11.3. The van der Waals surface area contributed by atoms with Gasteiger partial charge in [-0.05, 0) is 48.7 Å². The minimum atomic E-state index is -0.118. The fourth-order valence-electron chi connectivity index (χ4n) is 2.22. The minimum absolute atomic E-state index is 0.0334. The Bertz CT molecular complexity index is 624. The van der Waals surface area contributed by atoms with Crippen LogP contribution in [0.4, 0.5) is 5.69 Å². The highest BCUT2D eigenvalue weighted by Gasteiger charge is 2.01. The predicted octanol–water partition coefficient (Wildman–Crippen LogP) is 2.35. The molecular formula is C19H24N2O3. The molecule has 0 fully saturated rings. The van der Waals surface area contributed by atoms with Crippen LogP contribution >= 0.6 is 0 Å². The van der Waals surface area contributed by atoms with Crippen LogP contribution in [-0.4, -0.2) is 30.8 Å². The van der Waals surface area contributed by atoms with Crippen LogP contribution < -0.4 is 15.4 Å². The lowest BCUT2D eigenvalue weighted by molar-refractivity contribution is -0.122. The third-order valence-corrected chi connectivity index (χ3v) is 3.52. The summed E-state index contributed by atoms with van der Waals surface area (Å²) in [6.07, 6.45) is 0.679. The van der Waals surface area contributed by atoms with Crippen molar-refractivity contribution in [2.45, 2.75) is 19.9 Å². The van der Waals surface area contributed by atoms with Crippen molar-refractivity contribution in [2.75, 3.05) is 25.1 Å². The van der Waals surface area contributed by atoms with Crippen molar-refractivity contribution < 1.29 is 14.6 Å². The van der Waals surface area contributed by atoms with Gasteiger partial charge < -0.3 is 20.5 Å². The monoisotopic (exact) mass is 328 g/mol. The molecule has 0 radical (unpaired) electrons. The Morgan fingerprint density at radius 2 is 1.71 bits per heavy atom. The summed E-state index contributed by atoms with van der Waals surface area (Å²) in [7, 11) is 0. The van der Waals surface area contributed by atoms with E-state index in [4.69, 9.17) is 9.84 Å². The van der Waals surface area contributed by atoms with Gasteiger partial charge in [-0.15, -0.1) is 0 Å². The van der Waals surface area contributed by atoms with Crippen LogP contribution in [0.3, 0.4) is 0 Å². The Kier molecular flexibility index (Phi) is 7.11. The minimum Gasteiger partial charge on any atom is -0.484 e. The number of ether oxygens (including phenoxy) is 1. The first-order valence-electron chi connectivity index (χ1n) is 8.13. The average molecular weight is 328 g/mol. The van der Waals surface area contributed by atoms with E-state index >= 15 is 0 Å². The number of aliphatic hydroxyl groups excluding tert-OH is 1. The quantitative estimate of drug-likeness (QED) is 0.661. The third kappa shape index (κ3) is 5.93. The average Bonchev–Trinajstić information content (AvgIpc) is 2.61. The Morgan fingerprint density at radius 3 is 2.33 bits per heavy atom. The largest absolute Gasteiger partial charge is 0.484 e. The summed E-state index contributed by atoms with van der Waals surface area (Å²) >= 11 is 0. The van der Waals surface area contributed by atoms with Crippen LogP contribution in [0.25, 0.3) is 0 Å². The summed E-state index contributed by atoms with van der Waals surface area (Å²) in [6.45, 7) is 3.39. The molecule has 0 aliphatic heterocycles. The van der Waals surface area contributed by atoms with Crippen LogP contribution in [-0.2, 0) is 17.8 Å². The number of benzene rings is 2. The standard InChI is InChI=1S/C19H24N2O3/c1-2-20-19(23)14-24-18-9-5-16(6-10-18)13-21-17-7-3-15(4-8-17)11-12-22/h3-10,21-22H,2,11-14H2,1H3,(H,20,23). The van der Waals surface area contributed by atoms with Crippen molar-refractivity contribution in [1.29, 1.82) is 0 Å². The summed E-state index contributed by atoms with van der Waals surface area (Å²) in [6, 6.07) is 15.7. The molecule has 0 bridgehead atoms. The topological polar surface area (TPSA) is 70.6 Å². The molecule has 5 heteroatoms. The Balaban J connectivity index is 1.80. The van der Waals surface area contributed by atoms with Crippen LogP contribution in [0.2, 0.25) is 0 Å². The first-order chi connectivity index (χ1) is 11.7. The number of hydrogen-bond donors (Lipinski definition) is 3. The number of carbonyl (C=O) groups excluding carboxylic acids is 1. The Hall–Kier alpha value is -2.53. The molecule has 0 aliphatic rings. The van der Waals surface area contributed by atoms with E-state index in [1.165, 1.54) is 0 Å². The number of aliphatic hydroxyl groups is 1. The van der Waals surface area contributed by atoms with Gasteiger partial charge in [0.05, 0.1) is 0 Å². The number of likely N-dealkylation sites (N-methyl/N-ethyl adjacent to an activating group) is 1. The molecule has 2 aromatic carbocycles. The molecule has 0 aliphatic carbocycles. The number of rotatable bonds is 9. The van der Waals surface area contributed by atoms with Gasteiger partial charge in [-0.2, -0.15) is 0 Å². The first kappa shape index (κ1) is 17.8. The zero-order chi connectivity index (χ0) is 17.2. The third-order valence-electron chi connectivity index (χ3n) is 3.52. The molecule has 0 atom stereocenters. The van der Waals surface area contributed by atoms with Gasteiger partial charge in [0.2, 0.25) is 0 Å². The van der Waals surface area contributed by atoms with Gasteiger partial charge in [0.1, 0.15) is 5.75 Å². The molecule has 0 saturated carbocycles. The SMILES string of the molecule is CCNC(=O)COc1ccc(CNc2ccc(CCO)cc2)cc1. The van der Waals surface area contributed by atoms with Gasteiger partial charge >= 0.3 is 0 Å². The fraction of sp³-hybridized carbons (Fsp3) is 0.316. The maximum atomic E-state index is 11.3. The smallest absolute Gasteiger partial charge is 0.257 e. The van der Waals surface area contributed by atoms with Crippen LogP contribution in [0.5, 0.6) is 5.75 Å². The highest BCUT2D eigenvalue weighted by Crippen LogP contribution is 2.15. The highest BCUT2D eigenvalue weighted by atomic mass is 16.5. The van der Waals surface area contributed by atoms with Crippen LogP contribution in [0, 0.1) is 0 Å². The van der Waals surface area contributed by atoms with Crippen molar-refractivity contribution in [2.24, 2.45) is 0 Å². The van der Waals surface area contributed by atoms with Gasteiger partial charge in [0, 0.05) is 25.4 Å². The number of carbonyl (C=O) groups is 1.